The minimum atomic E-state index is -0.228. The number of carbonyl (C=O) groups excluding carboxylic acids is 1. The molecule has 0 amide bonds. The molecule has 1 aromatic heterocycles. The Labute approximate surface area is 187 Å². The van der Waals surface area contributed by atoms with E-state index < -0.39 is 0 Å². The average Bonchev–Trinajstić information content (AvgIpc) is 3.16. The van der Waals surface area contributed by atoms with E-state index in [1.165, 1.54) is 0 Å². The molecule has 1 aliphatic heterocycles. The summed E-state index contributed by atoms with van der Waals surface area (Å²) in [4.78, 5) is 13.0. The summed E-state index contributed by atoms with van der Waals surface area (Å²) >= 11 is 0. The molecule has 0 unspecified atom stereocenters. The highest BCUT2D eigenvalue weighted by Gasteiger charge is 2.38. The quantitative estimate of drug-likeness (QED) is 0.410. The van der Waals surface area contributed by atoms with Crippen LogP contribution in [0.5, 0.6) is 5.88 Å². The summed E-state index contributed by atoms with van der Waals surface area (Å²) in [5.74, 6) is 1.15. The van der Waals surface area contributed by atoms with Crippen molar-refractivity contribution in [3.05, 3.63) is 125 Å². The molecule has 1 atom stereocenters. The first-order valence-electron chi connectivity index (χ1n) is 10.8. The fourth-order valence-corrected chi connectivity index (χ4v) is 4.46. The topological polar surface area (TPSA) is 44.1 Å². The van der Waals surface area contributed by atoms with Gasteiger partial charge in [-0.05, 0) is 37.1 Å². The van der Waals surface area contributed by atoms with E-state index >= 15 is 0 Å². The minimum Gasteiger partial charge on any atom is -0.442 e. The van der Waals surface area contributed by atoms with Gasteiger partial charge in [-0.1, -0.05) is 78.9 Å². The van der Waals surface area contributed by atoms with Crippen LogP contribution in [0.4, 0.5) is 0 Å². The second-order valence-electron chi connectivity index (χ2n) is 8.05. The van der Waals surface area contributed by atoms with Crippen molar-refractivity contribution in [3.63, 3.8) is 0 Å². The Hall–Kier alpha value is -3.92. The van der Waals surface area contributed by atoms with E-state index in [1.807, 2.05) is 78.3 Å². The average molecular weight is 421 g/mol. The van der Waals surface area contributed by atoms with E-state index in [0.29, 0.717) is 23.6 Å². The largest absolute Gasteiger partial charge is 0.442 e. The van der Waals surface area contributed by atoms with Crippen LogP contribution >= 0.6 is 0 Å². The molecule has 0 bridgehead atoms. The number of aromatic nitrogens is 2. The molecule has 0 spiro atoms. The zero-order valence-corrected chi connectivity index (χ0v) is 18.2. The number of ether oxygens (including phenoxy) is 1. The van der Waals surface area contributed by atoms with Crippen LogP contribution in [0.25, 0.3) is 5.69 Å². The lowest BCUT2D eigenvalue weighted by atomic mass is 9.80. The van der Waals surface area contributed by atoms with Crippen molar-refractivity contribution in [1.29, 1.82) is 0 Å². The van der Waals surface area contributed by atoms with Crippen molar-refractivity contribution in [2.24, 2.45) is 0 Å². The predicted octanol–water partition coefficient (Wildman–Crippen LogP) is 5.79. The number of rotatable bonds is 5. The summed E-state index contributed by atoms with van der Waals surface area (Å²) in [7, 11) is 0. The minimum absolute atomic E-state index is 0.0160. The van der Waals surface area contributed by atoms with Crippen molar-refractivity contribution >= 4 is 5.78 Å². The van der Waals surface area contributed by atoms with E-state index in [2.05, 4.69) is 24.3 Å². The normalized spacial score (nSPS) is 15.2. The molecule has 0 N–H and O–H groups in total. The number of para-hydroxylation sites is 1. The van der Waals surface area contributed by atoms with Crippen LogP contribution in [0.15, 0.2) is 102 Å². The van der Waals surface area contributed by atoms with E-state index in [1.54, 1.807) is 6.92 Å². The molecule has 0 saturated carbocycles. The SMILES string of the molecule is CC(=O)C1=C(Cc2ccccc2)Oc2c(c(C)nn2-c2ccccc2)[C@H]1c1ccccc1. The van der Waals surface area contributed by atoms with E-state index in [-0.39, 0.29) is 11.7 Å². The van der Waals surface area contributed by atoms with Gasteiger partial charge in [0.05, 0.1) is 11.4 Å². The van der Waals surface area contributed by atoms with Crippen LogP contribution in [0, 0.1) is 6.92 Å². The molecule has 1 aliphatic rings. The van der Waals surface area contributed by atoms with Crippen molar-refractivity contribution in [2.45, 2.75) is 26.2 Å². The molecule has 5 rings (SSSR count). The Bertz CT molecular complexity index is 1290. The molecular weight excluding hydrogens is 396 g/mol. The van der Waals surface area contributed by atoms with Gasteiger partial charge in [0.25, 0.3) is 0 Å². The van der Waals surface area contributed by atoms with Gasteiger partial charge in [-0.2, -0.15) is 5.10 Å². The Morgan fingerprint density at radius 3 is 2.12 bits per heavy atom. The predicted molar refractivity (Wildman–Crippen MR) is 125 cm³/mol. The number of fused-ring (bicyclic) bond motifs is 1. The van der Waals surface area contributed by atoms with E-state index in [9.17, 15) is 4.79 Å². The molecule has 158 valence electrons. The van der Waals surface area contributed by atoms with Crippen molar-refractivity contribution in [1.82, 2.24) is 9.78 Å². The first-order valence-corrected chi connectivity index (χ1v) is 10.8. The lowest BCUT2D eigenvalue weighted by molar-refractivity contribution is -0.114. The summed E-state index contributed by atoms with van der Waals surface area (Å²) < 4.78 is 8.38. The third kappa shape index (κ3) is 3.54. The number of nitrogens with zero attached hydrogens (tertiary/aromatic N) is 2. The number of hydrogen-bond acceptors (Lipinski definition) is 3. The number of hydrogen-bond donors (Lipinski definition) is 0. The van der Waals surface area contributed by atoms with Gasteiger partial charge in [0.2, 0.25) is 5.88 Å². The molecule has 4 nitrogen and oxygen atoms in total. The zero-order chi connectivity index (χ0) is 22.1. The number of carbonyl (C=O) groups is 1. The van der Waals surface area contributed by atoms with Crippen molar-refractivity contribution in [3.8, 4) is 11.6 Å². The number of ketones is 1. The zero-order valence-electron chi connectivity index (χ0n) is 18.2. The maximum absolute atomic E-state index is 13.0. The summed E-state index contributed by atoms with van der Waals surface area (Å²) in [6.45, 7) is 3.61. The van der Waals surface area contributed by atoms with Crippen LogP contribution in [-0.2, 0) is 11.2 Å². The van der Waals surface area contributed by atoms with Gasteiger partial charge >= 0.3 is 0 Å². The summed E-state index contributed by atoms with van der Waals surface area (Å²) in [6.07, 6.45) is 0.539. The molecule has 4 aromatic rings. The Balaban J connectivity index is 1.74. The molecule has 0 saturated heterocycles. The van der Waals surface area contributed by atoms with Gasteiger partial charge < -0.3 is 4.74 Å². The lowest BCUT2D eigenvalue weighted by Crippen LogP contribution is -2.23. The van der Waals surface area contributed by atoms with Crippen LogP contribution in [-0.4, -0.2) is 15.6 Å². The van der Waals surface area contributed by atoms with Crippen molar-refractivity contribution < 1.29 is 9.53 Å². The first kappa shape index (κ1) is 20.0. The monoisotopic (exact) mass is 420 g/mol. The standard InChI is InChI=1S/C28H24N2O2/c1-19-25-27(22-14-8-4-9-15-22)26(20(2)31)24(18-21-12-6-3-7-13-21)32-28(25)30(29-19)23-16-10-5-11-17-23/h3-17,27H,18H2,1-2H3/t27-/m1/s1. The number of benzene rings is 3. The Kier molecular flexibility index (Phi) is 5.20. The maximum Gasteiger partial charge on any atom is 0.226 e. The molecule has 0 radical (unpaired) electrons. The van der Waals surface area contributed by atoms with Gasteiger partial charge in [-0.3, -0.25) is 4.79 Å². The molecule has 32 heavy (non-hydrogen) atoms. The third-order valence-corrected chi connectivity index (χ3v) is 5.88. The van der Waals surface area contributed by atoms with Crippen molar-refractivity contribution in [2.75, 3.05) is 0 Å². The molecule has 2 heterocycles. The molecular formula is C28H24N2O2. The Morgan fingerprint density at radius 2 is 1.50 bits per heavy atom. The van der Waals surface area contributed by atoms with Crippen LogP contribution < -0.4 is 4.74 Å². The molecule has 0 aliphatic carbocycles. The van der Waals surface area contributed by atoms with Crippen LogP contribution in [0.2, 0.25) is 0 Å². The lowest BCUT2D eigenvalue weighted by Gasteiger charge is -2.29. The van der Waals surface area contributed by atoms with Gasteiger partial charge in [0.15, 0.2) is 5.78 Å². The van der Waals surface area contributed by atoms with Gasteiger partial charge in [-0.15, -0.1) is 0 Å². The van der Waals surface area contributed by atoms with Gasteiger partial charge in [0, 0.05) is 23.5 Å². The molecule has 3 aromatic carbocycles. The third-order valence-electron chi connectivity index (χ3n) is 5.88. The molecule has 0 fully saturated rings. The maximum atomic E-state index is 13.0. The fraction of sp³-hybridized carbons (Fsp3) is 0.143. The summed E-state index contributed by atoms with van der Waals surface area (Å²) in [5, 5.41) is 4.83. The highest BCUT2D eigenvalue weighted by molar-refractivity contribution is 5.97. The van der Waals surface area contributed by atoms with E-state index in [0.717, 1.165) is 28.1 Å². The Morgan fingerprint density at radius 1 is 0.906 bits per heavy atom. The van der Waals surface area contributed by atoms with Gasteiger partial charge in [0.1, 0.15) is 5.76 Å². The van der Waals surface area contributed by atoms with Crippen LogP contribution in [0.1, 0.15) is 35.2 Å². The second-order valence-corrected chi connectivity index (χ2v) is 8.05. The fourth-order valence-electron chi connectivity index (χ4n) is 4.46. The number of Topliss-reactive ketones (excluding diaryl/α,β-unsaturated/α-hetero) is 1. The smallest absolute Gasteiger partial charge is 0.226 e. The van der Waals surface area contributed by atoms with Crippen LogP contribution in [0.3, 0.4) is 0 Å². The first-order chi connectivity index (χ1) is 15.6. The second kappa shape index (κ2) is 8.31. The summed E-state index contributed by atoms with van der Waals surface area (Å²) in [5.41, 5.74) is 5.58. The number of aryl methyl sites for hydroxylation is 1. The highest BCUT2D eigenvalue weighted by Crippen LogP contribution is 2.46. The molecule has 4 heteroatoms. The van der Waals surface area contributed by atoms with Gasteiger partial charge in [-0.25, -0.2) is 4.68 Å². The van der Waals surface area contributed by atoms with E-state index in [4.69, 9.17) is 9.84 Å². The summed E-state index contributed by atoms with van der Waals surface area (Å²) in [6, 6.07) is 30.2. The highest BCUT2D eigenvalue weighted by atomic mass is 16.5. The number of allylic oxidation sites excluding steroid dienone is 2.